The van der Waals surface area contributed by atoms with Gasteiger partial charge in [0.15, 0.2) is 0 Å². The molecule has 0 aliphatic heterocycles. The molecule has 7 nitrogen and oxygen atoms in total. The summed E-state index contributed by atoms with van der Waals surface area (Å²) in [5.74, 6) is -0.780. The Labute approximate surface area is 184 Å². The lowest BCUT2D eigenvalue weighted by Crippen LogP contribution is -2.15. The number of amides is 2. The molecule has 0 aliphatic rings. The summed E-state index contributed by atoms with van der Waals surface area (Å²) in [6, 6.07) is 15.6. The molecule has 0 spiro atoms. The molecule has 0 aliphatic carbocycles. The highest BCUT2D eigenvalue weighted by atomic mass is 32.1. The van der Waals surface area contributed by atoms with Gasteiger partial charge in [-0.1, -0.05) is 24.3 Å². The first-order valence-electron chi connectivity index (χ1n) is 9.56. The van der Waals surface area contributed by atoms with Gasteiger partial charge in [0.1, 0.15) is 10.8 Å². The first-order valence-corrected chi connectivity index (χ1v) is 10.4. The minimum absolute atomic E-state index is 0.172. The van der Waals surface area contributed by atoms with Gasteiger partial charge in [-0.2, -0.15) is 0 Å². The highest BCUT2D eigenvalue weighted by Crippen LogP contribution is 2.35. The number of ether oxygens (including phenoxy) is 2. The quantitative estimate of drug-likeness (QED) is 0.520. The molecule has 0 saturated carbocycles. The van der Waals surface area contributed by atoms with Crippen LogP contribution < -0.4 is 15.4 Å². The van der Waals surface area contributed by atoms with Crippen LogP contribution in [0.2, 0.25) is 0 Å². The predicted molar refractivity (Wildman–Crippen MR) is 120 cm³/mol. The first-order chi connectivity index (χ1) is 14.9. The molecule has 0 atom stereocenters. The Balaban J connectivity index is 1.93. The molecule has 0 saturated heterocycles. The smallest absolute Gasteiger partial charge is 0.341 e. The van der Waals surface area contributed by atoms with Gasteiger partial charge in [-0.25, -0.2) is 4.79 Å². The van der Waals surface area contributed by atoms with E-state index in [9.17, 15) is 14.4 Å². The molecular formula is C23H22N2O5S. The Morgan fingerprint density at radius 3 is 2.39 bits per heavy atom. The van der Waals surface area contributed by atoms with Crippen molar-refractivity contribution < 1.29 is 23.9 Å². The van der Waals surface area contributed by atoms with E-state index in [1.54, 1.807) is 68.4 Å². The Hall–Kier alpha value is -3.65. The van der Waals surface area contributed by atoms with Crippen LogP contribution in [0, 0.1) is 6.92 Å². The standard InChI is InChI=1S/C23H22N2O5S/c1-4-30-23(28)18-14(2)19(21(27)24-16-11-8-12-17(13-16)29-3)31-22(18)25-20(26)15-9-6-5-7-10-15/h5-13H,4H2,1-3H3,(H,24,27)(H,25,26). The largest absolute Gasteiger partial charge is 0.497 e. The highest BCUT2D eigenvalue weighted by molar-refractivity contribution is 7.19. The third-order valence-electron chi connectivity index (χ3n) is 4.42. The average molecular weight is 439 g/mol. The second-order valence-electron chi connectivity index (χ2n) is 6.49. The van der Waals surface area contributed by atoms with Crippen molar-refractivity contribution in [2.24, 2.45) is 0 Å². The molecule has 1 heterocycles. The van der Waals surface area contributed by atoms with E-state index in [1.165, 1.54) is 7.11 Å². The van der Waals surface area contributed by atoms with Crippen molar-refractivity contribution in [1.82, 2.24) is 0 Å². The van der Waals surface area contributed by atoms with E-state index >= 15 is 0 Å². The number of anilines is 2. The topological polar surface area (TPSA) is 93.7 Å². The fraction of sp³-hybridized carbons (Fsp3) is 0.174. The molecule has 160 valence electrons. The van der Waals surface area contributed by atoms with Crippen LogP contribution in [-0.4, -0.2) is 31.5 Å². The molecule has 2 N–H and O–H groups in total. The van der Waals surface area contributed by atoms with E-state index in [0.29, 0.717) is 27.4 Å². The van der Waals surface area contributed by atoms with Gasteiger partial charge in [-0.3, -0.25) is 9.59 Å². The maximum Gasteiger partial charge on any atom is 0.341 e. The Bertz CT molecular complexity index is 1110. The van der Waals surface area contributed by atoms with Crippen LogP contribution in [0.5, 0.6) is 5.75 Å². The highest BCUT2D eigenvalue weighted by Gasteiger charge is 2.27. The number of hydrogen-bond acceptors (Lipinski definition) is 6. The number of thiophene rings is 1. The van der Waals surface area contributed by atoms with Crippen LogP contribution in [0.25, 0.3) is 0 Å². The zero-order valence-corrected chi connectivity index (χ0v) is 18.2. The molecule has 0 radical (unpaired) electrons. The van der Waals surface area contributed by atoms with Gasteiger partial charge in [0, 0.05) is 17.3 Å². The van der Waals surface area contributed by atoms with Crippen molar-refractivity contribution in [3.05, 3.63) is 76.2 Å². The van der Waals surface area contributed by atoms with Crippen LogP contribution in [0.15, 0.2) is 54.6 Å². The molecule has 1 aromatic heterocycles. The predicted octanol–water partition coefficient (Wildman–Crippen LogP) is 4.75. The van der Waals surface area contributed by atoms with E-state index < -0.39 is 11.9 Å². The van der Waals surface area contributed by atoms with Crippen LogP contribution >= 0.6 is 11.3 Å². The van der Waals surface area contributed by atoms with Crippen molar-refractivity contribution in [1.29, 1.82) is 0 Å². The van der Waals surface area contributed by atoms with Gasteiger partial charge >= 0.3 is 5.97 Å². The van der Waals surface area contributed by atoms with E-state index in [0.717, 1.165) is 11.3 Å². The number of carbonyl (C=O) groups is 3. The normalized spacial score (nSPS) is 10.3. The third kappa shape index (κ3) is 5.10. The summed E-state index contributed by atoms with van der Waals surface area (Å²) in [5.41, 5.74) is 1.59. The summed E-state index contributed by atoms with van der Waals surface area (Å²) < 4.78 is 10.3. The summed E-state index contributed by atoms with van der Waals surface area (Å²) in [7, 11) is 1.54. The Kier molecular flexibility index (Phi) is 7.04. The molecule has 8 heteroatoms. The minimum atomic E-state index is -0.597. The van der Waals surface area contributed by atoms with Gasteiger partial charge in [-0.15, -0.1) is 11.3 Å². The zero-order chi connectivity index (χ0) is 22.4. The second-order valence-corrected chi connectivity index (χ2v) is 7.51. The number of nitrogens with one attached hydrogen (secondary N) is 2. The van der Waals surface area contributed by atoms with Crippen molar-refractivity contribution in [3.63, 3.8) is 0 Å². The number of methoxy groups -OCH3 is 1. The first kappa shape index (κ1) is 22.0. The van der Waals surface area contributed by atoms with Crippen molar-refractivity contribution in [3.8, 4) is 5.75 Å². The zero-order valence-electron chi connectivity index (χ0n) is 17.4. The van der Waals surface area contributed by atoms with Gasteiger partial charge in [0.25, 0.3) is 11.8 Å². The van der Waals surface area contributed by atoms with Gasteiger partial charge in [0.2, 0.25) is 0 Å². The summed E-state index contributed by atoms with van der Waals surface area (Å²) in [6.07, 6.45) is 0. The average Bonchev–Trinajstić information content (AvgIpc) is 3.10. The molecule has 0 unspecified atom stereocenters. The number of rotatable bonds is 7. The lowest BCUT2D eigenvalue weighted by Gasteiger charge is -2.07. The fourth-order valence-electron chi connectivity index (χ4n) is 2.92. The van der Waals surface area contributed by atoms with Crippen LogP contribution in [-0.2, 0) is 4.74 Å². The van der Waals surface area contributed by atoms with Crippen LogP contribution in [0.4, 0.5) is 10.7 Å². The van der Waals surface area contributed by atoms with Crippen LogP contribution in [0.1, 0.15) is 42.9 Å². The molecule has 0 bridgehead atoms. The molecule has 0 fully saturated rings. The molecule has 2 aromatic carbocycles. The van der Waals surface area contributed by atoms with Crippen LogP contribution in [0.3, 0.4) is 0 Å². The number of benzene rings is 2. The number of esters is 1. The van der Waals surface area contributed by atoms with E-state index in [1.807, 2.05) is 0 Å². The van der Waals surface area contributed by atoms with Gasteiger partial charge < -0.3 is 20.1 Å². The second kappa shape index (κ2) is 9.90. The van der Waals surface area contributed by atoms with E-state index in [4.69, 9.17) is 9.47 Å². The maximum absolute atomic E-state index is 12.9. The SMILES string of the molecule is CCOC(=O)c1c(NC(=O)c2ccccc2)sc(C(=O)Nc2cccc(OC)c2)c1C. The fourth-order valence-corrected chi connectivity index (χ4v) is 4.01. The Morgan fingerprint density at radius 1 is 0.968 bits per heavy atom. The van der Waals surface area contributed by atoms with Gasteiger partial charge in [-0.05, 0) is 43.7 Å². The molecular weight excluding hydrogens is 416 g/mol. The summed E-state index contributed by atoms with van der Waals surface area (Å²) in [4.78, 5) is 38.4. The molecule has 3 rings (SSSR count). The third-order valence-corrected chi connectivity index (χ3v) is 5.63. The summed E-state index contributed by atoms with van der Waals surface area (Å²) >= 11 is 1.02. The summed E-state index contributed by atoms with van der Waals surface area (Å²) in [6.45, 7) is 3.52. The maximum atomic E-state index is 12.9. The Morgan fingerprint density at radius 2 is 1.71 bits per heavy atom. The van der Waals surface area contributed by atoms with Gasteiger partial charge in [0.05, 0.1) is 24.2 Å². The molecule has 2 amide bonds. The monoisotopic (exact) mass is 438 g/mol. The summed E-state index contributed by atoms with van der Waals surface area (Å²) in [5, 5.41) is 5.80. The molecule has 3 aromatic rings. The van der Waals surface area contributed by atoms with Crippen molar-refractivity contribution in [2.75, 3.05) is 24.4 Å². The van der Waals surface area contributed by atoms with E-state index in [2.05, 4.69) is 10.6 Å². The lowest BCUT2D eigenvalue weighted by atomic mass is 10.1. The molecule has 31 heavy (non-hydrogen) atoms. The number of carbonyl (C=O) groups excluding carboxylic acids is 3. The lowest BCUT2D eigenvalue weighted by molar-refractivity contribution is 0.0527. The minimum Gasteiger partial charge on any atom is -0.497 e. The van der Waals surface area contributed by atoms with Crippen molar-refractivity contribution >= 4 is 39.8 Å². The van der Waals surface area contributed by atoms with E-state index in [-0.39, 0.29) is 23.1 Å². The number of hydrogen-bond donors (Lipinski definition) is 2. The van der Waals surface area contributed by atoms with Crippen molar-refractivity contribution in [2.45, 2.75) is 13.8 Å².